The standard InChI is InChI=1S/C13H6BrF3N2O2/c14-11-5-9(21-19-11)7-3-1-2-6-8(20)4-10(13(15,16)17)18-12(6)7/h1-5H,(H,18,20). The van der Waals surface area contributed by atoms with Crippen LogP contribution in [-0.4, -0.2) is 10.1 Å². The van der Waals surface area contributed by atoms with Gasteiger partial charge in [-0.3, -0.25) is 4.79 Å². The molecule has 0 amide bonds. The maximum Gasteiger partial charge on any atom is 0.431 e. The minimum absolute atomic E-state index is 0.0565. The van der Waals surface area contributed by atoms with E-state index in [1.165, 1.54) is 12.1 Å². The van der Waals surface area contributed by atoms with Gasteiger partial charge in [-0.2, -0.15) is 13.2 Å². The maximum absolute atomic E-state index is 12.8. The molecule has 8 heteroatoms. The number of aromatic nitrogens is 2. The molecule has 0 unspecified atom stereocenters. The van der Waals surface area contributed by atoms with Crippen LogP contribution >= 0.6 is 15.9 Å². The fraction of sp³-hybridized carbons (Fsp3) is 0.0769. The van der Waals surface area contributed by atoms with Crippen molar-refractivity contribution in [1.82, 2.24) is 10.1 Å². The quantitative estimate of drug-likeness (QED) is 0.716. The van der Waals surface area contributed by atoms with Crippen molar-refractivity contribution in [2.45, 2.75) is 6.18 Å². The minimum atomic E-state index is -4.64. The summed E-state index contributed by atoms with van der Waals surface area (Å²) in [5.74, 6) is 0.252. The molecule has 2 aromatic heterocycles. The first-order chi connectivity index (χ1) is 9.86. The van der Waals surface area contributed by atoms with Crippen molar-refractivity contribution >= 4 is 26.8 Å². The summed E-state index contributed by atoms with van der Waals surface area (Å²) >= 11 is 3.10. The Bertz CT molecular complexity index is 883. The fourth-order valence-corrected chi connectivity index (χ4v) is 2.29. The Kier molecular flexibility index (Phi) is 3.12. The third-order valence-corrected chi connectivity index (χ3v) is 3.29. The van der Waals surface area contributed by atoms with Gasteiger partial charge < -0.3 is 9.51 Å². The molecule has 21 heavy (non-hydrogen) atoms. The van der Waals surface area contributed by atoms with Gasteiger partial charge >= 0.3 is 6.18 Å². The van der Waals surface area contributed by atoms with Crippen molar-refractivity contribution in [3.63, 3.8) is 0 Å². The summed E-state index contributed by atoms with van der Waals surface area (Å²) in [6.45, 7) is 0. The lowest BCUT2D eigenvalue weighted by molar-refractivity contribution is -0.141. The second kappa shape index (κ2) is 4.73. The van der Waals surface area contributed by atoms with Gasteiger partial charge in [-0.1, -0.05) is 11.2 Å². The van der Waals surface area contributed by atoms with E-state index in [1.54, 1.807) is 12.1 Å². The summed E-state index contributed by atoms with van der Waals surface area (Å²) in [6, 6.07) is 6.61. The molecule has 0 spiro atoms. The Labute approximate surface area is 123 Å². The van der Waals surface area contributed by atoms with E-state index in [0.29, 0.717) is 16.2 Å². The largest absolute Gasteiger partial charge is 0.431 e. The van der Waals surface area contributed by atoms with Gasteiger partial charge in [-0.05, 0) is 28.1 Å². The number of benzene rings is 1. The third kappa shape index (κ3) is 2.46. The molecule has 0 saturated carbocycles. The lowest BCUT2D eigenvalue weighted by Crippen LogP contribution is -2.14. The Balaban J connectivity index is 2.36. The van der Waals surface area contributed by atoms with Crippen molar-refractivity contribution in [3.8, 4) is 11.3 Å². The summed E-state index contributed by atoms with van der Waals surface area (Å²) < 4.78 is 43.9. The molecule has 0 aliphatic heterocycles. The number of aromatic amines is 1. The molecule has 0 aliphatic carbocycles. The molecule has 3 rings (SSSR count). The number of pyridine rings is 1. The topological polar surface area (TPSA) is 58.9 Å². The minimum Gasteiger partial charge on any atom is -0.355 e. The Morgan fingerprint density at radius 3 is 2.62 bits per heavy atom. The molecule has 0 atom stereocenters. The van der Waals surface area contributed by atoms with Gasteiger partial charge in [0.1, 0.15) is 10.3 Å². The van der Waals surface area contributed by atoms with E-state index >= 15 is 0 Å². The van der Waals surface area contributed by atoms with Crippen molar-refractivity contribution in [3.05, 3.63) is 50.9 Å². The van der Waals surface area contributed by atoms with Gasteiger partial charge in [0, 0.05) is 23.1 Å². The van der Waals surface area contributed by atoms with E-state index in [1.807, 2.05) is 0 Å². The lowest BCUT2D eigenvalue weighted by atomic mass is 10.1. The van der Waals surface area contributed by atoms with Crippen molar-refractivity contribution in [2.24, 2.45) is 0 Å². The molecule has 2 heterocycles. The highest BCUT2D eigenvalue weighted by molar-refractivity contribution is 9.10. The average molecular weight is 359 g/mol. The number of nitrogens with one attached hydrogen (secondary N) is 1. The van der Waals surface area contributed by atoms with Crippen LogP contribution in [0.4, 0.5) is 13.2 Å². The van der Waals surface area contributed by atoms with Gasteiger partial charge in [-0.25, -0.2) is 0 Å². The lowest BCUT2D eigenvalue weighted by Gasteiger charge is -2.09. The van der Waals surface area contributed by atoms with Crippen LogP contribution in [0.25, 0.3) is 22.2 Å². The van der Waals surface area contributed by atoms with Gasteiger partial charge in [0.25, 0.3) is 0 Å². The van der Waals surface area contributed by atoms with Gasteiger partial charge in [0.2, 0.25) is 0 Å². The van der Waals surface area contributed by atoms with Crippen LogP contribution in [0.15, 0.2) is 44.3 Å². The second-order valence-electron chi connectivity index (χ2n) is 4.29. The molecule has 0 saturated heterocycles. The van der Waals surface area contributed by atoms with Crippen LogP contribution in [-0.2, 0) is 6.18 Å². The number of para-hydroxylation sites is 1. The highest BCUT2D eigenvalue weighted by atomic mass is 79.9. The number of H-pyrrole nitrogens is 1. The molecule has 108 valence electrons. The zero-order valence-corrected chi connectivity index (χ0v) is 11.7. The first-order valence-electron chi connectivity index (χ1n) is 5.72. The molecule has 0 radical (unpaired) electrons. The predicted octanol–water partition coefficient (Wildman–Crippen LogP) is 3.96. The number of hydrogen-bond donors (Lipinski definition) is 1. The van der Waals surface area contributed by atoms with Crippen molar-refractivity contribution < 1.29 is 17.7 Å². The fourth-order valence-electron chi connectivity index (χ4n) is 2.01. The molecule has 0 fully saturated rings. The normalized spacial score (nSPS) is 12.0. The number of rotatable bonds is 1. The Hall–Kier alpha value is -2.09. The molecular formula is C13H6BrF3N2O2. The average Bonchev–Trinajstić information content (AvgIpc) is 2.83. The number of nitrogens with zero attached hydrogens (tertiary/aromatic N) is 1. The van der Waals surface area contributed by atoms with Crippen LogP contribution in [0, 0.1) is 0 Å². The molecule has 0 aliphatic rings. The molecule has 1 N–H and O–H groups in total. The first kappa shape index (κ1) is 13.9. The molecule has 1 aromatic carbocycles. The second-order valence-corrected chi connectivity index (χ2v) is 5.10. The number of fused-ring (bicyclic) bond motifs is 1. The smallest absolute Gasteiger partial charge is 0.355 e. The summed E-state index contributed by atoms with van der Waals surface area (Å²) in [6.07, 6.45) is -4.64. The SMILES string of the molecule is O=c1cc(C(F)(F)F)[nH]c2c(-c3cc(Br)no3)cccc12. The number of hydrogen-bond acceptors (Lipinski definition) is 3. The molecule has 3 aromatic rings. The van der Waals surface area contributed by atoms with Crippen LogP contribution in [0.2, 0.25) is 0 Å². The summed E-state index contributed by atoms with van der Waals surface area (Å²) in [7, 11) is 0. The van der Waals surface area contributed by atoms with E-state index in [-0.39, 0.29) is 16.7 Å². The van der Waals surface area contributed by atoms with Crippen molar-refractivity contribution in [2.75, 3.05) is 0 Å². The molecular weight excluding hydrogens is 353 g/mol. The van der Waals surface area contributed by atoms with Gasteiger partial charge in [-0.15, -0.1) is 0 Å². The van der Waals surface area contributed by atoms with Crippen LogP contribution < -0.4 is 5.43 Å². The highest BCUT2D eigenvalue weighted by Crippen LogP contribution is 2.31. The Morgan fingerprint density at radius 1 is 1.24 bits per heavy atom. The number of halogens is 4. The van der Waals surface area contributed by atoms with E-state index in [9.17, 15) is 18.0 Å². The van der Waals surface area contributed by atoms with Gasteiger partial charge in [0.05, 0.1) is 5.52 Å². The summed E-state index contributed by atoms with van der Waals surface area (Å²) in [4.78, 5) is 14.1. The summed E-state index contributed by atoms with van der Waals surface area (Å²) in [5.41, 5.74) is -1.43. The maximum atomic E-state index is 12.8. The van der Waals surface area contributed by atoms with Crippen molar-refractivity contribution in [1.29, 1.82) is 0 Å². The van der Waals surface area contributed by atoms with E-state index in [2.05, 4.69) is 26.1 Å². The monoisotopic (exact) mass is 358 g/mol. The van der Waals surface area contributed by atoms with E-state index in [4.69, 9.17) is 4.52 Å². The van der Waals surface area contributed by atoms with E-state index in [0.717, 1.165) is 0 Å². The zero-order valence-electron chi connectivity index (χ0n) is 10.2. The van der Waals surface area contributed by atoms with Crippen LogP contribution in [0.3, 0.4) is 0 Å². The van der Waals surface area contributed by atoms with Crippen LogP contribution in [0.1, 0.15) is 5.69 Å². The van der Waals surface area contributed by atoms with Gasteiger partial charge in [0.15, 0.2) is 11.2 Å². The zero-order chi connectivity index (χ0) is 15.2. The highest BCUT2D eigenvalue weighted by Gasteiger charge is 2.32. The third-order valence-electron chi connectivity index (χ3n) is 2.92. The Morgan fingerprint density at radius 2 is 2.00 bits per heavy atom. The number of alkyl halides is 3. The van der Waals surface area contributed by atoms with Crippen LogP contribution in [0.5, 0.6) is 0 Å². The van der Waals surface area contributed by atoms with E-state index < -0.39 is 17.3 Å². The molecule has 4 nitrogen and oxygen atoms in total. The first-order valence-corrected chi connectivity index (χ1v) is 6.51. The molecule has 0 bridgehead atoms. The predicted molar refractivity (Wildman–Crippen MR) is 72.8 cm³/mol. The summed E-state index contributed by atoms with van der Waals surface area (Å²) in [5, 5.41) is 3.77.